The van der Waals surface area contributed by atoms with Gasteiger partial charge in [0.2, 0.25) is 0 Å². The Labute approximate surface area is 171 Å². The van der Waals surface area contributed by atoms with Gasteiger partial charge in [-0.1, -0.05) is 15.9 Å². The monoisotopic (exact) mass is 488 g/mol. The first-order chi connectivity index (χ1) is 12.8. The number of nitrogens with zero attached hydrogens (tertiary/aromatic N) is 1. The van der Waals surface area contributed by atoms with E-state index in [-0.39, 0.29) is 19.4 Å². The van der Waals surface area contributed by atoms with E-state index in [9.17, 15) is 26.6 Å². The molecule has 1 N–H and O–H groups in total. The Morgan fingerprint density at radius 2 is 1.96 bits per heavy atom. The highest BCUT2D eigenvalue weighted by Crippen LogP contribution is 2.28. The van der Waals surface area contributed by atoms with Gasteiger partial charge >= 0.3 is 11.6 Å². The van der Waals surface area contributed by atoms with Gasteiger partial charge in [-0.3, -0.25) is 0 Å². The van der Waals surface area contributed by atoms with Crippen molar-refractivity contribution in [3.05, 3.63) is 34.1 Å². The van der Waals surface area contributed by atoms with E-state index in [0.717, 1.165) is 0 Å². The molecule has 1 unspecified atom stereocenters. The molecule has 11 heteroatoms. The molecule has 0 aliphatic carbocycles. The summed E-state index contributed by atoms with van der Waals surface area (Å²) >= 11 is 3.17. The van der Waals surface area contributed by atoms with Gasteiger partial charge in [0.25, 0.3) is 0 Å². The van der Waals surface area contributed by atoms with Gasteiger partial charge in [0.15, 0.2) is 11.0 Å². The fourth-order valence-electron chi connectivity index (χ4n) is 2.97. The first-order valence-electron chi connectivity index (χ1n) is 8.45. The number of alkyl halides is 3. The average molecular weight is 489 g/mol. The maximum Gasteiger partial charge on any atom is 0.485 e. The van der Waals surface area contributed by atoms with E-state index in [0.29, 0.717) is 10.0 Å². The summed E-state index contributed by atoms with van der Waals surface area (Å²) in [4.78, 5) is 13.8. The second kappa shape index (κ2) is 8.66. The van der Waals surface area contributed by atoms with E-state index in [2.05, 4.69) is 20.7 Å². The number of hydrogen-bond donors (Lipinski definition) is 1. The summed E-state index contributed by atoms with van der Waals surface area (Å²) in [7, 11) is -3.27. The topological polar surface area (TPSA) is 58.6 Å². The molecular weight excluding hydrogens is 468 g/mol. The smallest absolute Gasteiger partial charge is 0.444 e. The van der Waals surface area contributed by atoms with E-state index in [4.69, 9.17) is 4.74 Å². The lowest BCUT2D eigenvalue weighted by atomic mass is 10.0. The van der Waals surface area contributed by atoms with Crippen molar-refractivity contribution in [3.8, 4) is 0 Å². The number of carbonyl (C=O) groups excluding carboxylic acids is 1. The van der Waals surface area contributed by atoms with E-state index < -0.39 is 46.1 Å². The van der Waals surface area contributed by atoms with Gasteiger partial charge in [-0.25, -0.2) is 18.1 Å². The molecule has 158 valence electrons. The molecule has 1 aliphatic rings. The Hall–Kier alpha value is -1.20. The van der Waals surface area contributed by atoms with Crippen LogP contribution in [0.25, 0.3) is 0 Å². The van der Waals surface area contributed by atoms with Crippen LogP contribution in [-0.2, 0) is 22.1 Å². The molecule has 1 aromatic rings. The van der Waals surface area contributed by atoms with Crippen molar-refractivity contribution in [1.29, 1.82) is 0 Å². The number of carbonyl (C=O) groups is 1. The minimum atomic E-state index is -4.92. The Morgan fingerprint density at radius 3 is 2.50 bits per heavy atom. The van der Waals surface area contributed by atoms with Crippen molar-refractivity contribution in [2.24, 2.45) is 0 Å². The number of rotatable bonds is 4. The van der Waals surface area contributed by atoms with Crippen LogP contribution in [0.1, 0.15) is 32.8 Å². The van der Waals surface area contributed by atoms with Crippen LogP contribution in [0.2, 0.25) is 0 Å². The van der Waals surface area contributed by atoms with Crippen LogP contribution < -0.4 is 4.72 Å². The largest absolute Gasteiger partial charge is 0.485 e. The Bertz CT molecular complexity index is 735. The molecule has 1 saturated heterocycles. The molecule has 1 amide bonds. The van der Waals surface area contributed by atoms with Gasteiger partial charge in [0, 0.05) is 17.1 Å². The number of amides is 1. The van der Waals surface area contributed by atoms with Gasteiger partial charge < -0.3 is 9.64 Å². The quantitative estimate of drug-likeness (QED) is 0.643. The predicted molar refractivity (Wildman–Crippen MR) is 100 cm³/mol. The van der Waals surface area contributed by atoms with Gasteiger partial charge in [-0.05, 0) is 57.4 Å². The van der Waals surface area contributed by atoms with Crippen molar-refractivity contribution in [2.75, 3.05) is 6.54 Å². The maximum absolute atomic E-state index is 13.7. The van der Waals surface area contributed by atoms with Gasteiger partial charge in [-0.2, -0.15) is 13.2 Å². The standard InChI is InChI=1S/C17H21BrF4N2O3S/c1-16(2,3)27-15(25)24-5-4-13(23-28(26)17(20,21)22)14(24)8-10-6-11(18)9-12(19)7-10/h6-7,9,13-14,23H,4-5,8H2,1-3H3/t13-,14-,28?/m0/s1. The lowest BCUT2D eigenvalue weighted by molar-refractivity contribution is -0.0397. The number of ether oxygens (including phenoxy) is 1. The molecule has 0 radical (unpaired) electrons. The lowest BCUT2D eigenvalue weighted by Gasteiger charge is -2.31. The molecule has 5 nitrogen and oxygen atoms in total. The summed E-state index contributed by atoms with van der Waals surface area (Å²) in [6.45, 7) is 5.15. The van der Waals surface area contributed by atoms with Crippen LogP contribution in [0, 0.1) is 5.82 Å². The Kier molecular flexibility index (Phi) is 7.14. The number of nitrogens with one attached hydrogen (secondary N) is 1. The van der Waals surface area contributed by atoms with Crippen molar-refractivity contribution in [2.45, 2.75) is 56.8 Å². The van der Waals surface area contributed by atoms with Crippen molar-refractivity contribution in [3.63, 3.8) is 0 Å². The molecule has 0 spiro atoms. The SMILES string of the molecule is CC(C)(C)OC(=O)N1CC[C@H](NS(=O)C(F)(F)F)[C@@H]1Cc1cc(F)cc(Br)c1. The molecule has 0 bridgehead atoms. The number of benzene rings is 1. The summed E-state index contributed by atoms with van der Waals surface area (Å²) < 4.78 is 71.2. The summed E-state index contributed by atoms with van der Waals surface area (Å²) in [5, 5.41) is 0. The van der Waals surface area contributed by atoms with Gasteiger partial charge in [0.1, 0.15) is 11.4 Å². The Morgan fingerprint density at radius 1 is 1.32 bits per heavy atom. The molecule has 0 saturated carbocycles. The van der Waals surface area contributed by atoms with Gasteiger partial charge in [0.05, 0.1) is 6.04 Å². The van der Waals surface area contributed by atoms with Crippen LogP contribution in [0.5, 0.6) is 0 Å². The van der Waals surface area contributed by atoms with Crippen molar-refractivity contribution >= 4 is 33.0 Å². The molecule has 0 aromatic heterocycles. The summed E-state index contributed by atoms with van der Waals surface area (Å²) in [6.07, 6.45) is -0.458. The third kappa shape index (κ3) is 6.41. The predicted octanol–water partition coefficient (Wildman–Crippen LogP) is 4.28. The molecule has 1 aromatic carbocycles. The molecular formula is C17H21BrF4N2O3S. The average Bonchev–Trinajstić information content (AvgIpc) is 2.86. The van der Waals surface area contributed by atoms with E-state index in [1.165, 1.54) is 17.0 Å². The van der Waals surface area contributed by atoms with Crippen LogP contribution in [0.15, 0.2) is 22.7 Å². The highest BCUT2D eigenvalue weighted by molar-refractivity contribution is 9.10. The minimum absolute atomic E-state index is 0.0718. The maximum atomic E-state index is 13.7. The number of hydrogen-bond acceptors (Lipinski definition) is 3. The molecule has 2 rings (SSSR count). The first-order valence-corrected chi connectivity index (χ1v) is 10.4. The second-order valence-electron chi connectivity index (χ2n) is 7.45. The highest BCUT2D eigenvalue weighted by atomic mass is 79.9. The first kappa shape index (κ1) is 23.1. The Balaban J connectivity index is 2.27. The molecule has 1 aliphatic heterocycles. The molecule has 3 atom stereocenters. The molecule has 1 heterocycles. The zero-order valence-corrected chi connectivity index (χ0v) is 17.9. The molecule has 1 fully saturated rings. The summed E-state index contributed by atoms with van der Waals surface area (Å²) in [6, 6.07) is 2.44. The highest BCUT2D eigenvalue weighted by Gasteiger charge is 2.44. The zero-order chi connectivity index (χ0) is 21.3. The van der Waals surface area contributed by atoms with Crippen LogP contribution >= 0.6 is 15.9 Å². The number of halogens is 5. The lowest BCUT2D eigenvalue weighted by Crippen LogP contribution is -2.49. The van der Waals surface area contributed by atoms with Crippen molar-refractivity contribution < 1.29 is 31.3 Å². The third-order valence-electron chi connectivity index (χ3n) is 4.01. The van der Waals surface area contributed by atoms with Crippen LogP contribution in [0.3, 0.4) is 0 Å². The van der Waals surface area contributed by atoms with Gasteiger partial charge in [-0.15, -0.1) is 0 Å². The fraction of sp³-hybridized carbons (Fsp3) is 0.588. The minimum Gasteiger partial charge on any atom is -0.444 e. The number of likely N-dealkylation sites (tertiary alicyclic amines) is 1. The third-order valence-corrected chi connectivity index (χ3v) is 5.40. The fourth-order valence-corrected chi connectivity index (χ4v) is 4.16. The van der Waals surface area contributed by atoms with Crippen LogP contribution in [-0.4, -0.2) is 44.9 Å². The second-order valence-corrected chi connectivity index (χ2v) is 9.60. The van der Waals surface area contributed by atoms with E-state index in [1.807, 2.05) is 0 Å². The normalized spacial score (nSPS) is 21.6. The summed E-state index contributed by atoms with van der Waals surface area (Å²) in [5.74, 6) is -0.519. The van der Waals surface area contributed by atoms with Crippen molar-refractivity contribution in [1.82, 2.24) is 9.62 Å². The zero-order valence-electron chi connectivity index (χ0n) is 15.5. The van der Waals surface area contributed by atoms with E-state index in [1.54, 1.807) is 26.8 Å². The summed E-state index contributed by atoms with van der Waals surface area (Å²) in [5.41, 5.74) is -5.23. The van der Waals surface area contributed by atoms with E-state index >= 15 is 0 Å². The molecule has 28 heavy (non-hydrogen) atoms. The van der Waals surface area contributed by atoms with Crippen LogP contribution in [0.4, 0.5) is 22.4 Å².